The molecule has 0 radical (unpaired) electrons. The van der Waals surface area contributed by atoms with Crippen LogP contribution in [-0.2, 0) is 0 Å². The number of benzene rings is 1. The van der Waals surface area contributed by atoms with Gasteiger partial charge in [-0.1, -0.05) is 29.3 Å². The Bertz CT molecular complexity index is 441. The van der Waals surface area contributed by atoms with Crippen LogP contribution < -0.4 is 0 Å². The van der Waals surface area contributed by atoms with Gasteiger partial charge in [0.1, 0.15) is 0 Å². The summed E-state index contributed by atoms with van der Waals surface area (Å²) in [7, 11) is 0. The van der Waals surface area contributed by atoms with E-state index in [0.29, 0.717) is 0 Å². The zero-order valence-electron chi connectivity index (χ0n) is 8.02. The third-order valence-corrected chi connectivity index (χ3v) is 2.41. The molecule has 1 heterocycles. The number of carboxylic acids is 1. The van der Waals surface area contributed by atoms with Crippen molar-refractivity contribution in [2.45, 2.75) is 0 Å². The van der Waals surface area contributed by atoms with E-state index in [1.165, 1.54) is 18.2 Å². The Balaban J connectivity index is 0.000000212. The van der Waals surface area contributed by atoms with Crippen molar-refractivity contribution in [1.82, 2.24) is 10.2 Å². The minimum absolute atomic E-state index is 0.0270. The Morgan fingerprint density at radius 2 is 2.06 bits per heavy atom. The first-order chi connectivity index (χ1) is 7.63. The van der Waals surface area contributed by atoms with Gasteiger partial charge in [-0.3, -0.25) is 5.10 Å². The summed E-state index contributed by atoms with van der Waals surface area (Å²) in [5.74, 6) is -1.07. The predicted molar refractivity (Wildman–Crippen MR) is 62.0 cm³/mol. The number of aromatic carboxylic acids is 1. The molecule has 0 atom stereocenters. The zero-order chi connectivity index (χ0) is 12.0. The molecule has 2 rings (SSSR count). The molecule has 6 heteroatoms. The van der Waals surface area contributed by atoms with Gasteiger partial charge in [-0.15, -0.1) is 0 Å². The highest BCUT2D eigenvalue weighted by Gasteiger charge is 2.09. The number of aromatic nitrogens is 2. The number of H-pyrrole nitrogens is 1. The van der Waals surface area contributed by atoms with Crippen molar-refractivity contribution in [3.05, 3.63) is 52.3 Å². The second-order valence-electron chi connectivity index (χ2n) is 2.67. The molecule has 0 aliphatic heterocycles. The molecule has 1 aromatic heterocycles. The second-order valence-corrected chi connectivity index (χ2v) is 3.46. The van der Waals surface area contributed by atoms with Crippen molar-refractivity contribution >= 4 is 29.2 Å². The molecule has 84 valence electrons. The van der Waals surface area contributed by atoms with Gasteiger partial charge in [-0.05, 0) is 18.2 Å². The van der Waals surface area contributed by atoms with Gasteiger partial charge in [0.15, 0.2) is 0 Å². The number of aromatic amines is 1. The summed E-state index contributed by atoms with van der Waals surface area (Å²) in [5.41, 5.74) is 0.0270. The smallest absolute Gasteiger partial charge is 0.337 e. The van der Waals surface area contributed by atoms with Crippen LogP contribution in [0.15, 0.2) is 36.7 Å². The maximum absolute atomic E-state index is 10.4. The van der Waals surface area contributed by atoms with Crippen LogP contribution in [0.25, 0.3) is 0 Å². The van der Waals surface area contributed by atoms with E-state index < -0.39 is 5.97 Å². The van der Waals surface area contributed by atoms with E-state index in [4.69, 9.17) is 28.3 Å². The zero-order valence-corrected chi connectivity index (χ0v) is 9.53. The lowest BCUT2D eigenvalue weighted by atomic mass is 10.2. The van der Waals surface area contributed by atoms with Gasteiger partial charge < -0.3 is 5.11 Å². The molecule has 4 nitrogen and oxygen atoms in total. The summed E-state index contributed by atoms with van der Waals surface area (Å²) in [5, 5.41) is 15.1. The molecular weight excluding hydrogens is 251 g/mol. The molecule has 0 bridgehead atoms. The van der Waals surface area contributed by atoms with Crippen LogP contribution >= 0.6 is 23.2 Å². The lowest BCUT2D eigenvalue weighted by molar-refractivity contribution is 0.0697. The lowest BCUT2D eigenvalue weighted by Crippen LogP contribution is -1.96. The second kappa shape index (κ2) is 6.15. The molecule has 16 heavy (non-hydrogen) atoms. The van der Waals surface area contributed by atoms with Crippen LogP contribution in [0.3, 0.4) is 0 Å². The van der Waals surface area contributed by atoms with E-state index in [2.05, 4.69) is 10.2 Å². The van der Waals surface area contributed by atoms with Crippen LogP contribution in [0.5, 0.6) is 0 Å². The van der Waals surface area contributed by atoms with E-state index in [1.807, 2.05) is 6.07 Å². The number of carbonyl (C=O) groups is 1. The van der Waals surface area contributed by atoms with Crippen LogP contribution in [0, 0.1) is 0 Å². The molecule has 2 aromatic rings. The third-order valence-electron chi connectivity index (χ3n) is 1.59. The average Bonchev–Trinajstić information content (AvgIpc) is 2.80. The van der Waals surface area contributed by atoms with Gasteiger partial charge in [0.25, 0.3) is 0 Å². The topological polar surface area (TPSA) is 66.0 Å². The molecule has 1 aromatic carbocycles. The molecular formula is C10H8Cl2N2O2. The molecule has 0 saturated carbocycles. The number of rotatable bonds is 1. The van der Waals surface area contributed by atoms with E-state index in [-0.39, 0.29) is 15.6 Å². The molecule has 0 fully saturated rings. The molecule has 0 aliphatic rings. The lowest BCUT2D eigenvalue weighted by Gasteiger charge is -1.98. The molecule has 0 aliphatic carbocycles. The monoisotopic (exact) mass is 258 g/mol. The van der Waals surface area contributed by atoms with E-state index in [1.54, 1.807) is 12.4 Å². The summed E-state index contributed by atoms with van der Waals surface area (Å²) in [6, 6.07) is 6.31. The number of hydrogen-bond acceptors (Lipinski definition) is 2. The van der Waals surface area contributed by atoms with Crippen molar-refractivity contribution in [1.29, 1.82) is 0 Å². The average molecular weight is 259 g/mol. The Hall–Kier alpha value is -1.52. The van der Waals surface area contributed by atoms with E-state index >= 15 is 0 Å². The van der Waals surface area contributed by atoms with Crippen molar-refractivity contribution in [3.63, 3.8) is 0 Å². The van der Waals surface area contributed by atoms with Gasteiger partial charge in [0.2, 0.25) is 0 Å². The van der Waals surface area contributed by atoms with Crippen molar-refractivity contribution in [3.8, 4) is 0 Å². The SMILES string of the molecule is O=C(O)c1cccc(Cl)c1Cl.c1cn[nH]c1. The van der Waals surface area contributed by atoms with Gasteiger partial charge >= 0.3 is 5.97 Å². The van der Waals surface area contributed by atoms with Crippen molar-refractivity contribution in [2.75, 3.05) is 0 Å². The highest BCUT2D eigenvalue weighted by Crippen LogP contribution is 2.25. The van der Waals surface area contributed by atoms with Crippen LogP contribution in [-0.4, -0.2) is 21.3 Å². The number of hydrogen-bond donors (Lipinski definition) is 2. The highest BCUT2D eigenvalue weighted by atomic mass is 35.5. The summed E-state index contributed by atoms with van der Waals surface area (Å²) in [6.07, 6.45) is 3.46. The fraction of sp³-hybridized carbons (Fsp3) is 0. The number of nitrogens with zero attached hydrogens (tertiary/aromatic N) is 1. The quantitative estimate of drug-likeness (QED) is 0.826. The molecule has 0 unspecified atom stereocenters. The molecule has 2 N–H and O–H groups in total. The first kappa shape index (κ1) is 12.5. The summed E-state index contributed by atoms with van der Waals surface area (Å²) < 4.78 is 0. The fourth-order valence-electron chi connectivity index (χ4n) is 0.884. The Morgan fingerprint density at radius 1 is 1.31 bits per heavy atom. The summed E-state index contributed by atoms with van der Waals surface area (Å²) in [4.78, 5) is 10.4. The minimum Gasteiger partial charge on any atom is -0.478 e. The first-order valence-electron chi connectivity index (χ1n) is 4.24. The number of nitrogens with one attached hydrogen (secondary N) is 1. The fourth-order valence-corrected chi connectivity index (χ4v) is 1.27. The Morgan fingerprint density at radius 3 is 2.44 bits per heavy atom. The van der Waals surface area contributed by atoms with Gasteiger partial charge in [-0.2, -0.15) is 5.10 Å². The number of halogens is 2. The van der Waals surface area contributed by atoms with Gasteiger partial charge in [-0.25, -0.2) is 4.79 Å². The van der Waals surface area contributed by atoms with Gasteiger partial charge in [0, 0.05) is 12.4 Å². The van der Waals surface area contributed by atoms with Gasteiger partial charge in [0.05, 0.1) is 15.6 Å². The van der Waals surface area contributed by atoms with Crippen LogP contribution in [0.1, 0.15) is 10.4 Å². The minimum atomic E-state index is -1.07. The standard InChI is InChI=1S/C7H4Cl2O2.C3H4N2/c8-5-3-1-2-4(6(5)9)7(10)11;1-2-4-5-3-1/h1-3H,(H,10,11);1-3H,(H,4,5). The normalized spacial score (nSPS) is 9.12. The van der Waals surface area contributed by atoms with Crippen LogP contribution in [0.4, 0.5) is 0 Å². The van der Waals surface area contributed by atoms with E-state index in [9.17, 15) is 4.79 Å². The first-order valence-corrected chi connectivity index (χ1v) is 4.99. The van der Waals surface area contributed by atoms with E-state index in [0.717, 1.165) is 0 Å². The highest BCUT2D eigenvalue weighted by molar-refractivity contribution is 6.43. The van der Waals surface area contributed by atoms with Crippen LogP contribution in [0.2, 0.25) is 10.0 Å². The molecule has 0 saturated heterocycles. The summed E-state index contributed by atoms with van der Waals surface area (Å²) in [6.45, 7) is 0. The maximum Gasteiger partial charge on any atom is 0.337 e. The third kappa shape index (κ3) is 3.56. The number of carboxylic acid groups (broad SMARTS) is 1. The van der Waals surface area contributed by atoms with Crippen molar-refractivity contribution in [2.24, 2.45) is 0 Å². The Kier molecular flexibility index (Phi) is 4.82. The Labute approximate surface area is 102 Å². The molecule has 0 spiro atoms. The molecule has 0 amide bonds. The summed E-state index contributed by atoms with van der Waals surface area (Å²) >= 11 is 11.1. The maximum atomic E-state index is 10.4. The van der Waals surface area contributed by atoms with Crippen molar-refractivity contribution < 1.29 is 9.90 Å². The predicted octanol–water partition coefficient (Wildman–Crippen LogP) is 3.10. The largest absolute Gasteiger partial charge is 0.478 e.